The summed E-state index contributed by atoms with van der Waals surface area (Å²) in [6.45, 7) is 0.246. The molecule has 8 nitrogen and oxygen atoms in total. The molecule has 0 aliphatic carbocycles. The lowest BCUT2D eigenvalue weighted by Crippen LogP contribution is -2.42. The molecule has 0 aliphatic rings. The van der Waals surface area contributed by atoms with Crippen molar-refractivity contribution in [1.29, 1.82) is 0 Å². The number of carbonyl (C=O) groups is 2. The molecule has 0 fully saturated rings. The van der Waals surface area contributed by atoms with E-state index < -0.39 is 6.17 Å². The van der Waals surface area contributed by atoms with E-state index in [0.717, 1.165) is 16.7 Å². The van der Waals surface area contributed by atoms with Gasteiger partial charge in [0.25, 0.3) is 0 Å². The first kappa shape index (κ1) is 30.3. The van der Waals surface area contributed by atoms with Gasteiger partial charge in [-0.1, -0.05) is 60.1 Å². The van der Waals surface area contributed by atoms with Crippen LogP contribution in [0.2, 0.25) is 5.02 Å². The van der Waals surface area contributed by atoms with Crippen molar-refractivity contribution in [2.75, 3.05) is 21.3 Å². The van der Waals surface area contributed by atoms with Crippen LogP contribution in [0, 0.1) is 0 Å². The summed E-state index contributed by atoms with van der Waals surface area (Å²) in [5.74, 6) is 1.80. The molecule has 0 saturated carbocycles. The number of amides is 2. The van der Waals surface area contributed by atoms with Gasteiger partial charge >= 0.3 is 0 Å². The molecule has 0 aromatic heterocycles. The van der Waals surface area contributed by atoms with Crippen LogP contribution in [0.5, 0.6) is 23.0 Å². The highest BCUT2D eigenvalue weighted by atomic mass is 35.5. The minimum atomic E-state index is -0.826. The van der Waals surface area contributed by atoms with E-state index in [0.29, 0.717) is 33.6 Å². The second-order valence-electron chi connectivity index (χ2n) is 9.41. The van der Waals surface area contributed by atoms with E-state index in [1.165, 1.54) is 7.11 Å². The molecule has 0 bridgehead atoms. The van der Waals surface area contributed by atoms with Gasteiger partial charge in [0, 0.05) is 10.6 Å². The number of nitrogens with one attached hydrogen (secondary N) is 2. The molecule has 4 rings (SSSR count). The van der Waals surface area contributed by atoms with Gasteiger partial charge in [-0.05, 0) is 59.2 Å². The normalized spacial score (nSPS) is 10.6. The Hall–Kier alpha value is -4.69. The van der Waals surface area contributed by atoms with E-state index in [1.807, 2.05) is 42.5 Å². The molecule has 42 heavy (non-hydrogen) atoms. The molecule has 2 N–H and O–H groups in total. The first-order chi connectivity index (χ1) is 20.4. The molecule has 218 valence electrons. The highest BCUT2D eigenvalue weighted by Gasteiger charge is 2.20. The second-order valence-corrected chi connectivity index (χ2v) is 9.82. The summed E-state index contributed by atoms with van der Waals surface area (Å²) < 4.78 is 22.0. The van der Waals surface area contributed by atoms with E-state index in [4.69, 9.17) is 30.5 Å². The first-order valence-corrected chi connectivity index (χ1v) is 13.6. The fourth-order valence-electron chi connectivity index (χ4n) is 4.24. The topological polar surface area (TPSA) is 95.1 Å². The molecule has 2 amide bonds. The Bertz CT molecular complexity index is 1430. The lowest BCUT2D eigenvalue weighted by Gasteiger charge is -2.22. The maximum Gasteiger partial charge on any atom is 0.226 e. The zero-order valence-electron chi connectivity index (χ0n) is 23.7. The van der Waals surface area contributed by atoms with Crippen molar-refractivity contribution < 1.29 is 28.5 Å². The Balaban J connectivity index is 1.52. The van der Waals surface area contributed by atoms with Crippen LogP contribution in [0.15, 0.2) is 91.0 Å². The zero-order valence-corrected chi connectivity index (χ0v) is 24.4. The maximum atomic E-state index is 13.1. The highest BCUT2D eigenvalue weighted by molar-refractivity contribution is 6.31. The average Bonchev–Trinajstić information content (AvgIpc) is 3.01. The molecule has 4 aromatic rings. The number of rotatable bonds is 13. The van der Waals surface area contributed by atoms with Crippen LogP contribution < -0.4 is 29.6 Å². The van der Waals surface area contributed by atoms with Crippen LogP contribution in [-0.2, 0) is 29.0 Å². The molecule has 0 radical (unpaired) electrons. The van der Waals surface area contributed by atoms with Crippen molar-refractivity contribution in [1.82, 2.24) is 10.6 Å². The second kappa shape index (κ2) is 14.8. The molecule has 4 aromatic carbocycles. The summed E-state index contributed by atoms with van der Waals surface area (Å²) >= 11 is 6.27. The van der Waals surface area contributed by atoms with Gasteiger partial charge in [-0.25, -0.2) is 0 Å². The average molecular weight is 589 g/mol. The SMILES string of the molecule is COc1ccc(CC(=O)NC(NC(=O)Cc2ccc(OC)cc2)c2ccc(OCc3ccccc3Cl)c(OC)c2)cc1. The van der Waals surface area contributed by atoms with Gasteiger partial charge in [0.2, 0.25) is 11.8 Å². The predicted octanol–water partition coefficient (Wildman–Crippen LogP) is 5.66. The smallest absolute Gasteiger partial charge is 0.226 e. The first-order valence-electron chi connectivity index (χ1n) is 13.3. The molecule has 0 unspecified atom stereocenters. The van der Waals surface area contributed by atoms with Crippen LogP contribution >= 0.6 is 11.6 Å². The predicted molar refractivity (Wildman–Crippen MR) is 161 cm³/mol. The molecule has 0 saturated heterocycles. The molecular formula is C33H33ClN2O6. The van der Waals surface area contributed by atoms with Gasteiger partial charge in [-0.3, -0.25) is 9.59 Å². The van der Waals surface area contributed by atoms with E-state index >= 15 is 0 Å². The minimum absolute atomic E-state index is 0.116. The fraction of sp³-hybridized carbons (Fsp3) is 0.212. The van der Waals surface area contributed by atoms with Crippen molar-refractivity contribution in [2.45, 2.75) is 25.6 Å². The summed E-state index contributed by atoms with van der Waals surface area (Å²) in [5, 5.41) is 6.49. The quantitative estimate of drug-likeness (QED) is 0.196. The Morgan fingerprint density at radius 2 is 1.24 bits per heavy atom. The van der Waals surface area contributed by atoms with Crippen LogP contribution in [0.25, 0.3) is 0 Å². The summed E-state index contributed by atoms with van der Waals surface area (Å²) in [4.78, 5) is 26.2. The van der Waals surface area contributed by atoms with E-state index in [2.05, 4.69) is 10.6 Å². The number of hydrogen-bond acceptors (Lipinski definition) is 6. The van der Waals surface area contributed by atoms with Gasteiger partial charge in [0.15, 0.2) is 11.5 Å². The molecular weight excluding hydrogens is 556 g/mol. The Kier molecular flexibility index (Phi) is 10.7. The van der Waals surface area contributed by atoms with Gasteiger partial charge in [0.05, 0.1) is 34.2 Å². The molecule has 0 aliphatic heterocycles. The minimum Gasteiger partial charge on any atom is -0.497 e. The van der Waals surface area contributed by atoms with Gasteiger partial charge in [-0.15, -0.1) is 0 Å². The van der Waals surface area contributed by atoms with Crippen LogP contribution in [-0.4, -0.2) is 33.1 Å². The third kappa shape index (κ3) is 8.41. The summed E-state index contributed by atoms with van der Waals surface area (Å²) in [6.07, 6.45) is -0.594. The number of methoxy groups -OCH3 is 3. The molecule has 0 spiro atoms. The summed E-state index contributed by atoms with van der Waals surface area (Å²) in [7, 11) is 4.70. The standard InChI is InChI=1S/C33H33ClN2O6/c1-39-26-13-8-22(9-14-26)18-31(37)35-33(36-32(38)19-23-10-15-27(40-2)16-11-23)24-12-17-29(30(20-24)41-3)42-21-25-6-4-5-7-28(25)34/h4-17,20,33H,18-19,21H2,1-3H3,(H,35,37)(H,36,38). The van der Waals surface area contributed by atoms with Gasteiger partial charge < -0.3 is 29.6 Å². The zero-order chi connectivity index (χ0) is 29.9. The maximum absolute atomic E-state index is 13.1. The van der Waals surface area contributed by atoms with Crippen molar-refractivity contribution >= 4 is 23.4 Å². The van der Waals surface area contributed by atoms with Gasteiger partial charge in [0.1, 0.15) is 24.3 Å². The van der Waals surface area contributed by atoms with Crippen LogP contribution in [0.3, 0.4) is 0 Å². The van der Waals surface area contributed by atoms with Crippen molar-refractivity contribution in [3.63, 3.8) is 0 Å². The Morgan fingerprint density at radius 1 is 0.690 bits per heavy atom. The van der Waals surface area contributed by atoms with E-state index in [1.54, 1.807) is 62.8 Å². The lowest BCUT2D eigenvalue weighted by molar-refractivity contribution is -0.123. The van der Waals surface area contributed by atoms with Crippen molar-refractivity contribution in [2.24, 2.45) is 0 Å². The molecule has 0 heterocycles. The van der Waals surface area contributed by atoms with Crippen LogP contribution in [0.4, 0.5) is 0 Å². The van der Waals surface area contributed by atoms with E-state index in [-0.39, 0.29) is 31.3 Å². The van der Waals surface area contributed by atoms with Gasteiger partial charge in [-0.2, -0.15) is 0 Å². The Labute approximate surface area is 250 Å². The number of carbonyl (C=O) groups excluding carboxylic acids is 2. The van der Waals surface area contributed by atoms with Crippen molar-refractivity contribution in [3.8, 4) is 23.0 Å². The summed E-state index contributed by atoms with van der Waals surface area (Å²) in [5.41, 5.74) is 3.05. The number of halogens is 1. The third-order valence-corrected chi connectivity index (χ3v) is 6.89. The Morgan fingerprint density at radius 3 is 1.74 bits per heavy atom. The lowest BCUT2D eigenvalue weighted by atomic mass is 10.1. The van der Waals surface area contributed by atoms with Crippen molar-refractivity contribution in [3.05, 3.63) is 118 Å². The largest absolute Gasteiger partial charge is 0.497 e. The molecule has 0 atom stereocenters. The fourth-order valence-corrected chi connectivity index (χ4v) is 4.43. The summed E-state index contributed by atoms with van der Waals surface area (Å²) in [6, 6.07) is 27.1. The van der Waals surface area contributed by atoms with Crippen LogP contribution in [0.1, 0.15) is 28.4 Å². The molecule has 9 heteroatoms. The third-order valence-electron chi connectivity index (χ3n) is 6.52. The number of hydrogen-bond donors (Lipinski definition) is 2. The van der Waals surface area contributed by atoms with E-state index in [9.17, 15) is 9.59 Å². The number of benzene rings is 4. The monoisotopic (exact) mass is 588 g/mol. The highest BCUT2D eigenvalue weighted by Crippen LogP contribution is 2.31. The number of ether oxygens (including phenoxy) is 4.